The summed E-state index contributed by atoms with van der Waals surface area (Å²) in [7, 11) is 0. The van der Waals surface area contributed by atoms with Crippen LogP contribution in [0.15, 0.2) is 52.4 Å². The minimum Gasteiger partial charge on any atom is -0.353 e. The number of nitrogens with zero attached hydrogens (tertiary/aromatic N) is 4. The van der Waals surface area contributed by atoms with Gasteiger partial charge in [0.25, 0.3) is 5.56 Å². The average Bonchev–Trinajstić information content (AvgIpc) is 3.19. The maximum Gasteiger partial charge on any atom is 0.267 e. The number of amides is 1. The van der Waals surface area contributed by atoms with Crippen LogP contribution >= 0.6 is 11.8 Å². The number of thioether (sulfide) groups is 1. The number of hydrogen-bond acceptors (Lipinski definition) is 5. The highest BCUT2D eigenvalue weighted by Crippen LogP contribution is 2.25. The second-order valence-electron chi connectivity index (χ2n) is 8.38. The molecular weight excluding hydrogens is 422 g/mol. The van der Waals surface area contributed by atoms with E-state index in [0.717, 1.165) is 22.3 Å². The zero-order chi connectivity index (χ0) is 23.0. The minimum atomic E-state index is -0.144. The van der Waals surface area contributed by atoms with E-state index in [1.807, 2.05) is 67.6 Å². The third-order valence-electron chi connectivity index (χ3n) is 5.93. The molecule has 32 heavy (non-hydrogen) atoms. The van der Waals surface area contributed by atoms with Crippen LogP contribution in [0.5, 0.6) is 0 Å². The molecule has 2 aromatic carbocycles. The Morgan fingerprint density at radius 3 is 2.56 bits per heavy atom. The molecule has 0 aliphatic rings. The molecule has 0 fully saturated rings. The topological polar surface area (TPSA) is 81.3 Å². The van der Waals surface area contributed by atoms with Crippen molar-refractivity contribution in [2.24, 2.45) is 5.92 Å². The van der Waals surface area contributed by atoms with Crippen LogP contribution in [0.25, 0.3) is 22.4 Å². The van der Waals surface area contributed by atoms with Crippen molar-refractivity contribution in [2.75, 3.05) is 5.75 Å². The molecule has 2 aromatic heterocycles. The van der Waals surface area contributed by atoms with E-state index < -0.39 is 0 Å². The van der Waals surface area contributed by atoms with Crippen LogP contribution in [0, 0.1) is 19.8 Å². The van der Waals surface area contributed by atoms with Gasteiger partial charge in [-0.1, -0.05) is 49.9 Å². The second kappa shape index (κ2) is 8.78. The molecule has 4 rings (SSSR count). The molecule has 8 heteroatoms. The molecule has 0 saturated heterocycles. The van der Waals surface area contributed by atoms with Gasteiger partial charge in [0.15, 0.2) is 5.16 Å². The summed E-state index contributed by atoms with van der Waals surface area (Å²) in [6.45, 7) is 10.2. The van der Waals surface area contributed by atoms with E-state index in [0.29, 0.717) is 22.2 Å². The van der Waals surface area contributed by atoms with Crippen molar-refractivity contribution in [1.82, 2.24) is 24.5 Å². The van der Waals surface area contributed by atoms with Gasteiger partial charge in [-0.15, -0.1) is 10.2 Å². The highest BCUT2D eigenvalue weighted by molar-refractivity contribution is 7.99. The van der Waals surface area contributed by atoms with Crippen molar-refractivity contribution >= 4 is 34.3 Å². The van der Waals surface area contributed by atoms with Crippen LogP contribution in [-0.4, -0.2) is 36.9 Å². The summed E-state index contributed by atoms with van der Waals surface area (Å²) in [5.41, 5.74) is 3.45. The lowest BCUT2D eigenvalue weighted by Gasteiger charge is -2.17. The van der Waals surface area contributed by atoms with Crippen LogP contribution in [-0.2, 0) is 4.79 Å². The zero-order valence-corrected chi connectivity index (χ0v) is 19.7. The van der Waals surface area contributed by atoms with Gasteiger partial charge < -0.3 is 5.32 Å². The minimum absolute atomic E-state index is 0.0555. The van der Waals surface area contributed by atoms with Gasteiger partial charge in [0.2, 0.25) is 11.7 Å². The van der Waals surface area contributed by atoms with Gasteiger partial charge in [-0.2, -0.15) is 0 Å². The number of aromatic nitrogens is 4. The molecule has 166 valence electrons. The first-order valence-corrected chi connectivity index (χ1v) is 11.7. The first-order chi connectivity index (χ1) is 15.3. The van der Waals surface area contributed by atoms with E-state index in [2.05, 4.69) is 29.4 Å². The number of hydrogen-bond donors (Lipinski definition) is 1. The van der Waals surface area contributed by atoms with Crippen molar-refractivity contribution in [2.45, 2.75) is 45.8 Å². The second-order valence-corrected chi connectivity index (χ2v) is 9.33. The van der Waals surface area contributed by atoms with Crippen LogP contribution in [0.3, 0.4) is 0 Å². The number of aryl methyl sites for hydroxylation is 1. The van der Waals surface area contributed by atoms with E-state index >= 15 is 0 Å². The fourth-order valence-corrected chi connectivity index (χ4v) is 4.31. The van der Waals surface area contributed by atoms with E-state index in [9.17, 15) is 9.59 Å². The molecule has 0 aliphatic carbocycles. The van der Waals surface area contributed by atoms with Crippen molar-refractivity contribution in [3.05, 3.63) is 63.9 Å². The first-order valence-electron chi connectivity index (χ1n) is 10.7. The molecule has 0 aliphatic heterocycles. The number of para-hydroxylation sites is 1. The highest BCUT2D eigenvalue weighted by atomic mass is 32.2. The van der Waals surface area contributed by atoms with Crippen LogP contribution in [0.4, 0.5) is 0 Å². The summed E-state index contributed by atoms with van der Waals surface area (Å²) in [5, 5.41) is 12.9. The Bertz CT molecular complexity index is 1370. The Kier molecular flexibility index (Phi) is 6.06. The summed E-state index contributed by atoms with van der Waals surface area (Å²) >= 11 is 1.31. The molecule has 0 bridgehead atoms. The molecule has 1 atom stereocenters. The molecule has 4 aromatic rings. The molecule has 0 saturated carbocycles. The third-order valence-corrected chi connectivity index (χ3v) is 6.86. The Balaban J connectivity index is 1.84. The molecule has 1 unspecified atom stereocenters. The van der Waals surface area contributed by atoms with Gasteiger partial charge in [-0.3, -0.25) is 14.0 Å². The standard InChI is InChI=1S/C24H27N5O2S/c1-14(2)17(5)25-21(30)13-32-24-27-26-23-28(19-12-8-9-15(3)16(19)4)22(31)18-10-6-7-11-20(18)29(23)24/h6-12,14,17H,13H2,1-5H3,(H,25,30). The van der Waals surface area contributed by atoms with Crippen molar-refractivity contribution in [1.29, 1.82) is 0 Å². The predicted octanol–water partition coefficient (Wildman–Crippen LogP) is 3.90. The Hall–Kier alpha value is -3.13. The van der Waals surface area contributed by atoms with Crippen LogP contribution < -0.4 is 10.9 Å². The SMILES string of the molecule is Cc1cccc(-n2c(=O)c3ccccc3n3c(SCC(=O)NC(C)C(C)C)nnc23)c1C. The van der Waals surface area contributed by atoms with Gasteiger partial charge in [0.1, 0.15) is 0 Å². The summed E-state index contributed by atoms with van der Waals surface area (Å²) in [6, 6.07) is 13.4. The van der Waals surface area contributed by atoms with E-state index in [4.69, 9.17) is 0 Å². The predicted molar refractivity (Wildman–Crippen MR) is 129 cm³/mol. The molecule has 7 nitrogen and oxygen atoms in total. The summed E-state index contributed by atoms with van der Waals surface area (Å²) in [6.07, 6.45) is 0. The van der Waals surface area contributed by atoms with Gasteiger partial charge in [-0.05, 0) is 56.0 Å². The quantitative estimate of drug-likeness (QED) is 0.452. The highest BCUT2D eigenvalue weighted by Gasteiger charge is 2.20. The largest absolute Gasteiger partial charge is 0.353 e. The van der Waals surface area contributed by atoms with Crippen LogP contribution in [0.2, 0.25) is 0 Å². The molecule has 2 heterocycles. The van der Waals surface area contributed by atoms with Gasteiger partial charge in [-0.25, -0.2) is 4.57 Å². The maximum atomic E-state index is 13.5. The fourth-order valence-electron chi connectivity index (χ4n) is 3.56. The molecule has 1 amide bonds. The lowest BCUT2D eigenvalue weighted by molar-refractivity contribution is -0.119. The molecule has 0 radical (unpaired) electrons. The fraction of sp³-hybridized carbons (Fsp3) is 0.333. The first kappa shape index (κ1) is 22.1. The average molecular weight is 450 g/mol. The van der Waals surface area contributed by atoms with Gasteiger partial charge in [0.05, 0.1) is 22.3 Å². The van der Waals surface area contributed by atoms with Crippen LogP contribution in [0.1, 0.15) is 31.9 Å². The Morgan fingerprint density at radius 1 is 1.06 bits per heavy atom. The molecular formula is C24H27N5O2S. The van der Waals surface area contributed by atoms with Crippen molar-refractivity contribution in [3.8, 4) is 5.69 Å². The summed E-state index contributed by atoms with van der Waals surface area (Å²) in [4.78, 5) is 25.9. The number of benzene rings is 2. The maximum absolute atomic E-state index is 13.5. The molecule has 1 N–H and O–H groups in total. The lowest BCUT2D eigenvalue weighted by Crippen LogP contribution is -2.37. The Labute approximate surface area is 190 Å². The molecule has 0 spiro atoms. The van der Waals surface area contributed by atoms with Crippen molar-refractivity contribution < 1.29 is 4.79 Å². The van der Waals surface area contributed by atoms with E-state index in [-0.39, 0.29) is 23.3 Å². The number of rotatable bonds is 6. The summed E-state index contributed by atoms with van der Waals surface area (Å²) in [5.74, 6) is 0.948. The number of fused-ring (bicyclic) bond motifs is 3. The normalized spacial score (nSPS) is 12.6. The van der Waals surface area contributed by atoms with Gasteiger partial charge in [0, 0.05) is 6.04 Å². The van der Waals surface area contributed by atoms with Gasteiger partial charge >= 0.3 is 0 Å². The smallest absolute Gasteiger partial charge is 0.267 e. The van der Waals surface area contributed by atoms with E-state index in [1.165, 1.54) is 11.8 Å². The lowest BCUT2D eigenvalue weighted by atomic mass is 10.1. The number of carbonyl (C=O) groups excluding carboxylic acids is 1. The Morgan fingerprint density at radius 2 is 1.81 bits per heavy atom. The third kappa shape index (κ3) is 3.90. The number of nitrogens with one attached hydrogen (secondary N) is 1. The monoisotopic (exact) mass is 449 g/mol. The van der Waals surface area contributed by atoms with Crippen molar-refractivity contribution in [3.63, 3.8) is 0 Å². The summed E-state index contributed by atoms with van der Waals surface area (Å²) < 4.78 is 3.48. The number of carbonyl (C=O) groups is 1. The van der Waals surface area contributed by atoms with E-state index in [1.54, 1.807) is 4.57 Å². The zero-order valence-electron chi connectivity index (χ0n) is 18.9.